The molecule has 0 N–H and O–H groups in total. The predicted molar refractivity (Wildman–Crippen MR) is 118 cm³/mol. The van der Waals surface area contributed by atoms with E-state index in [-0.39, 0.29) is 41.5 Å². The molecule has 6 nitrogen and oxygen atoms in total. The van der Waals surface area contributed by atoms with Gasteiger partial charge in [0.25, 0.3) is 17.7 Å². The zero-order valence-electron chi connectivity index (χ0n) is 16.9. The van der Waals surface area contributed by atoms with Gasteiger partial charge in [0.05, 0.1) is 16.7 Å². The molecule has 1 aromatic heterocycles. The van der Waals surface area contributed by atoms with E-state index in [1.54, 1.807) is 29.6 Å². The van der Waals surface area contributed by atoms with Crippen molar-refractivity contribution in [3.8, 4) is 0 Å². The first-order chi connectivity index (χ1) is 15.5. The van der Waals surface area contributed by atoms with E-state index >= 15 is 0 Å². The fourth-order valence-electron chi connectivity index (χ4n) is 5.81. The molecular weight excluding hydrogens is 448 g/mol. The number of carbonyl (C=O) groups is 4. The lowest BCUT2D eigenvalue weighted by atomic mass is 9.63. The van der Waals surface area contributed by atoms with E-state index in [0.29, 0.717) is 21.7 Å². The zero-order chi connectivity index (χ0) is 22.1. The molecule has 162 valence electrons. The number of amides is 3. The summed E-state index contributed by atoms with van der Waals surface area (Å²) in [5, 5.41) is 4.24. The number of nitrogens with zero attached hydrogens (tertiary/aromatic N) is 2. The smallest absolute Gasteiger partial charge is 0.273 e. The van der Waals surface area contributed by atoms with E-state index in [1.165, 1.54) is 23.5 Å². The van der Waals surface area contributed by atoms with Crippen LogP contribution in [-0.2, 0) is 9.59 Å². The summed E-state index contributed by atoms with van der Waals surface area (Å²) in [5.41, 5.74) is 0.257. The number of imide groups is 1. The third kappa shape index (κ3) is 2.84. The molecule has 3 amide bonds. The molecule has 2 aromatic rings. The number of hydrogen-bond donors (Lipinski definition) is 0. The highest BCUT2D eigenvalue weighted by molar-refractivity contribution is 7.12. The van der Waals surface area contributed by atoms with Crippen molar-refractivity contribution in [3.05, 3.63) is 69.4 Å². The molecule has 0 spiro atoms. The maximum Gasteiger partial charge on any atom is 0.273 e. The summed E-state index contributed by atoms with van der Waals surface area (Å²) in [6, 6.07) is 9.62. The monoisotopic (exact) mass is 466 g/mol. The molecule has 7 rings (SSSR count). The summed E-state index contributed by atoms with van der Waals surface area (Å²) in [6.07, 6.45) is 5.22. The van der Waals surface area contributed by atoms with Crippen LogP contribution in [0.3, 0.4) is 0 Å². The number of halogens is 1. The Morgan fingerprint density at radius 1 is 1.00 bits per heavy atom. The maximum atomic E-state index is 13.6. The normalized spacial score (nSPS) is 31.5. The summed E-state index contributed by atoms with van der Waals surface area (Å²) >= 11 is 7.22. The Morgan fingerprint density at radius 2 is 1.62 bits per heavy atom. The number of thiophene rings is 1. The molecule has 2 saturated carbocycles. The van der Waals surface area contributed by atoms with Crippen LogP contribution >= 0.6 is 22.9 Å². The Hall–Kier alpha value is -2.77. The van der Waals surface area contributed by atoms with Gasteiger partial charge in [-0.05, 0) is 65.8 Å². The van der Waals surface area contributed by atoms with E-state index in [4.69, 9.17) is 11.6 Å². The van der Waals surface area contributed by atoms with Gasteiger partial charge in [-0.25, -0.2) is 5.01 Å². The Bertz CT molecular complexity index is 1140. The molecule has 1 aromatic carbocycles. The first kappa shape index (κ1) is 19.9. The first-order valence-electron chi connectivity index (χ1n) is 10.7. The van der Waals surface area contributed by atoms with Crippen molar-refractivity contribution in [2.45, 2.75) is 6.42 Å². The second kappa shape index (κ2) is 7.12. The van der Waals surface area contributed by atoms with E-state index in [9.17, 15) is 19.2 Å². The van der Waals surface area contributed by atoms with Crippen molar-refractivity contribution in [3.63, 3.8) is 0 Å². The average molecular weight is 467 g/mol. The first-order valence-corrected chi connectivity index (χ1v) is 11.9. The van der Waals surface area contributed by atoms with E-state index in [2.05, 4.69) is 12.2 Å². The molecule has 3 fully saturated rings. The van der Waals surface area contributed by atoms with Gasteiger partial charge in [-0.1, -0.05) is 29.8 Å². The van der Waals surface area contributed by atoms with Gasteiger partial charge in [0.1, 0.15) is 6.54 Å². The van der Waals surface area contributed by atoms with Crippen LogP contribution in [0.1, 0.15) is 26.5 Å². The third-order valence-corrected chi connectivity index (χ3v) is 8.46. The summed E-state index contributed by atoms with van der Waals surface area (Å²) in [4.78, 5) is 54.0. The quantitative estimate of drug-likeness (QED) is 0.382. The summed E-state index contributed by atoms with van der Waals surface area (Å²) in [6.45, 7) is -0.380. The fraction of sp³-hybridized carbons (Fsp3) is 0.333. The van der Waals surface area contributed by atoms with E-state index in [1.807, 2.05) is 0 Å². The lowest BCUT2D eigenvalue weighted by Crippen LogP contribution is -2.52. The van der Waals surface area contributed by atoms with E-state index in [0.717, 1.165) is 16.4 Å². The minimum Gasteiger partial charge on any atom is -0.291 e. The second-order valence-electron chi connectivity index (χ2n) is 8.91. The molecular formula is C24H19ClN2O4S. The predicted octanol–water partition coefficient (Wildman–Crippen LogP) is 3.69. The minimum absolute atomic E-state index is 0.0388. The maximum absolute atomic E-state index is 13.6. The van der Waals surface area contributed by atoms with Crippen molar-refractivity contribution in [1.82, 2.24) is 10.0 Å². The summed E-state index contributed by atoms with van der Waals surface area (Å²) in [5.74, 6) is -1.53. The molecule has 5 aliphatic rings. The molecule has 8 heteroatoms. The van der Waals surface area contributed by atoms with Gasteiger partial charge in [-0.3, -0.25) is 19.2 Å². The summed E-state index contributed by atoms with van der Waals surface area (Å²) in [7, 11) is 0. The molecule has 1 saturated heterocycles. The highest BCUT2D eigenvalue weighted by atomic mass is 35.5. The van der Waals surface area contributed by atoms with Crippen molar-refractivity contribution in [2.24, 2.45) is 35.5 Å². The average Bonchev–Trinajstić information content (AvgIpc) is 3.36. The summed E-state index contributed by atoms with van der Waals surface area (Å²) < 4.78 is 0. The zero-order valence-corrected chi connectivity index (χ0v) is 18.5. The highest BCUT2D eigenvalue weighted by Gasteiger charge is 2.68. The number of carbonyl (C=O) groups excluding carboxylic acids is 4. The third-order valence-electron chi connectivity index (χ3n) is 7.30. The number of hydrazine groups is 1. The Labute approximate surface area is 193 Å². The van der Waals surface area contributed by atoms with Gasteiger partial charge >= 0.3 is 0 Å². The molecule has 0 unspecified atom stereocenters. The van der Waals surface area contributed by atoms with Gasteiger partial charge in [-0.15, -0.1) is 11.3 Å². The minimum atomic E-state index is -0.572. The molecule has 6 atom stereocenters. The van der Waals surface area contributed by atoms with E-state index < -0.39 is 17.7 Å². The Kier molecular flexibility index (Phi) is 4.42. The molecule has 4 aliphatic carbocycles. The van der Waals surface area contributed by atoms with Crippen molar-refractivity contribution < 1.29 is 19.2 Å². The van der Waals surface area contributed by atoms with Crippen LogP contribution in [0.2, 0.25) is 5.02 Å². The van der Waals surface area contributed by atoms with Crippen molar-refractivity contribution in [1.29, 1.82) is 0 Å². The van der Waals surface area contributed by atoms with Crippen molar-refractivity contribution in [2.75, 3.05) is 6.54 Å². The molecule has 0 radical (unpaired) electrons. The molecule has 2 bridgehead atoms. The van der Waals surface area contributed by atoms with Crippen LogP contribution in [0, 0.1) is 35.5 Å². The van der Waals surface area contributed by atoms with Gasteiger partial charge in [0.2, 0.25) is 0 Å². The van der Waals surface area contributed by atoms with Crippen molar-refractivity contribution >= 4 is 46.4 Å². The lowest BCUT2D eigenvalue weighted by molar-refractivity contribution is -0.154. The Morgan fingerprint density at radius 3 is 2.19 bits per heavy atom. The van der Waals surface area contributed by atoms with Gasteiger partial charge in [0, 0.05) is 10.6 Å². The van der Waals surface area contributed by atoms with Gasteiger partial charge in [0.15, 0.2) is 5.78 Å². The standard InChI is InChI=1S/C24H19ClN2O4S/c25-13-5-3-12(4-6-13)22(29)26(11-18(28)19-2-1-9-32-19)27-23(30)20-14-7-8-15(17-10-16(14)17)21(20)24(27)31/h1-9,14-17,20-21H,10-11H2/t14-,15-,16-,17+,20-,21+/m0/s1. The van der Waals surface area contributed by atoms with Gasteiger partial charge < -0.3 is 0 Å². The topological polar surface area (TPSA) is 74.8 Å². The molecule has 1 aliphatic heterocycles. The second-order valence-corrected chi connectivity index (χ2v) is 10.3. The van der Waals surface area contributed by atoms with Gasteiger partial charge in [-0.2, -0.15) is 5.01 Å². The number of allylic oxidation sites excluding steroid dienone is 2. The lowest BCUT2D eigenvalue weighted by Gasteiger charge is -2.37. The van der Waals surface area contributed by atoms with Crippen LogP contribution in [-0.4, -0.2) is 40.1 Å². The Balaban J connectivity index is 1.37. The van der Waals surface area contributed by atoms with Crippen LogP contribution in [0.15, 0.2) is 53.9 Å². The SMILES string of the molecule is O=C(CN(C(=O)c1ccc(Cl)cc1)N1C(=O)[C@@H]2[C@H]3C=C[C@@H]([C@@H]4C[C@H]34)[C@@H]2C1=O)c1cccs1. The number of ketones is 1. The van der Waals surface area contributed by atoms with Crippen LogP contribution in [0.25, 0.3) is 0 Å². The van der Waals surface area contributed by atoms with Crippen LogP contribution in [0.4, 0.5) is 0 Å². The molecule has 32 heavy (non-hydrogen) atoms. The largest absolute Gasteiger partial charge is 0.291 e. The number of rotatable bonds is 5. The van der Waals surface area contributed by atoms with Crippen LogP contribution in [0.5, 0.6) is 0 Å². The molecule has 2 heterocycles. The number of benzene rings is 1. The number of Topliss-reactive ketones (excluding diaryl/α,β-unsaturated/α-hetero) is 1. The highest BCUT2D eigenvalue weighted by Crippen LogP contribution is 2.65. The van der Waals surface area contributed by atoms with Crippen LogP contribution < -0.4 is 0 Å². The number of hydrogen-bond acceptors (Lipinski definition) is 5. The fourth-order valence-corrected chi connectivity index (χ4v) is 6.59.